The molecule has 0 bridgehead atoms. The van der Waals surface area contributed by atoms with Gasteiger partial charge < -0.3 is 19.5 Å². The number of methoxy groups -OCH3 is 2. The molecule has 9 heteroatoms. The Morgan fingerprint density at radius 2 is 1.78 bits per heavy atom. The van der Waals surface area contributed by atoms with Gasteiger partial charge in [-0.15, -0.1) is 0 Å². The van der Waals surface area contributed by atoms with Crippen LogP contribution >= 0.6 is 11.6 Å². The lowest BCUT2D eigenvalue weighted by molar-refractivity contribution is 0.0528. The summed E-state index contributed by atoms with van der Waals surface area (Å²) in [6, 6.07) is 10.2. The molecule has 2 aromatic carbocycles. The van der Waals surface area contributed by atoms with Crippen LogP contribution in [0.25, 0.3) is 16.6 Å². The molecule has 8 nitrogen and oxygen atoms in total. The van der Waals surface area contributed by atoms with Crippen LogP contribution in [-0.2, 0) is 11.2 Å². The normalized spacial score (nSPS) is 11.3. The fourth-order valence-electron chi connectivity index (χ4n) is 3.18. The number of carbonyl (C=O) groups is 1. The Morgan fingerprint density at radius 3 is 2.38 bits per heavy atom. The first-order valence-corrected chi connectivity index (χ1v) is 10.4. The van der Waals surface area contributed by atoms with E-state index in [0.717, 1.165) is 0 Å². The third kappa shape index (κ3) is 5.31. The number of ether oxygens (including phenoxy) is 3. The number of nitrogens with one attached hydrogen (secondary N) is 1. The van der Waals surface area contributed by atoms with Crippen molar-refractivity contribution in [3.63, 3.8) is 0 Å². The van der Waals surface area contributed by atoms with Crippen LogP contribution in [0.15, 0.2) is 41.2 Å². The van der Waals surface area contributed by atoms with Gasteiger partial charge in [-0.3, -0.25) is 9.36 Å². The average molecular weight is 460 g/mol. The number of nitrogens with zero attached hydrogens (tertiary/aromatic N) is 2. The lowest BCUT2D eigenvalue weighted by Gasteiger charge is -2.20. The Kier molecular flexibility index (Phi) is 6.93. The lowest BCUT2D eigenvalue weighted by atomic mass is 10.2. The largest absolute Gasteiger partial charge is 0.497 e. The van der Waals surface area contributed by atoms with Crippen molar-refractivity contribution in [1.82, 2.24) is 14.9 Å². The van der Waals surface area contributed by atoms with E-state index in [-0.39, 0.29) is 18.5 Å². The van der Waals surface area contributed by atoms with E-state index < -0.39 is 11.7 Å². The topological polar surface area (TPSA) is 91.7 Å². The molecular weight excluding hydrogens is 434 g/mol. The van der Waals surface area contributed by atoms with Crippen molar-refractivity contribution in [2.45, 2.75) is 32.8 Å². The fourth-order valence-corrected chi connectivity index (χ4v) is 3.43. The van der Waals surface area contributed by atoms with Gasteiger partial charge in [-0.1, -0.05) is 17.7 Å². The van der Waals surface area contributed by atoms with Crippen LogP contribution in [0.4, 0.5) is 4.79 Å². The molecule has 0 unspecified atom stereocenters. The van der Waals surface area contributed by atoms with E-state index >= 15 is 0 Å². The molecule has 170 valence electrons. The predicted octanol–water partition coefficient (Wildman–Crippen LogP) is 4.12. The second-order valence-corrected chi connectivity index (χ2v) is 8.46. The third-order valence-corrected chi connectivity index (χ3v) is 4.84. The van der Waals surface area contributed by atoms with Gasteiger partial charge in [0, 0.05) is 31.2 Å². The number of fused-ring (bicyclic) bond motifs is 1. The molecule has 32 heavy (non-hydrogen) atoms. The molecule has 0 spiro atoms. The van der Waals surface area contributed by atoms with Crippen LogP contribution < -0.4 is 20.3 Å². The monoisotopic (exact) mass is 459 g/mol. The second kappa shape index (κ2) is 9.48. The van der Waals surface area contributed by atoms with Crippen LogP contribution in [0.3, 0.4) is 0 Å². The second-order valence-electron chi connectivity index (χ2n) is 8.05. The zero-order valence-electron chi connectivity index (χ0n) is 18.7. The van der Waals surface area contributed by atoms with Crippen LogP contribution in [0.1, 0.15) is 26.6 Å². The van der Waals surface area contributed by atoms with E-state index in [0.29, 0.717) is 38.9 Å². The van der Waals surface area contributed by atoms with Gasteiger partial charge in [0.05, 0.1) is 35.8 Å². The van der Waals surface area contributed by atoms with Gasteiger partial charge in [-0.2, -0.15) is 0 Å². The highest BCUT2D eigenvalue weighted by atomic mass is 35.5. The minimum Gasteiger partial charge on any atom is -0.497 e. The summed E-state index contributed by atoms with van der Waals surface area (Å²) < 4.78 is 17.4. The molecule has 3 rings (SSSR count). The first-order chi connectivity index (χ1) is 15.1. The highest BCUT2D eigenvalue weighted by molar-refractivity contribution is 6.35. The van der Waals surface area contributed by atoms with Crippen molar-refractivity contribution in [3.05, 3.63) is 57.6 Å². The summed E-state index contributed by atoms with van der Waals surface area (Å²) in [6.07, 6.45) is -0.269. The molecule has 0 saturated carbocycles. The number of benzene rings is 2. The zero-order valence-corrected chi connectivity index (χ0v) is 19.4. The summed E-state index contributed by atoms with van der Waals surface area (Å²) in [5, 5.41) is 3.31. The van der Waals surface area contributed by atoms with Crippen LogP contribution in [0.5, 0.6) is 11.5 Å². The molecule has 1 amide bonds. The fraction of sp³-hybridized carbons (Fsp3) is 0.348. The molecule has 0 aliphatic heterocycles. The Morgan fingerprint density at radius 1 is 1.12 bits per heavy atom. The Labute approximate surface area is 191 Å². The van der Waals surface area contributed by atoms with Crippen LogP contribution in [0, 0.1) is 0 Å². The maximum absolute atomic E-state index is 13.5. The van der Waals surface area contributed by atoms with Gasteiger partial charge in [0.1, 0.15) is 22.9 Å². The summed E-state index contributed by atoms with van der Waals surface area (Å²) in [5.41, 5.74) is 0.0400. The number of aromatic nitrogens is 2. The standard InChI is InChI=1S/C23H26ClN3O5/c1-23(2,3)32-22(29)25-10-9-19-26-18-8-6-7-17(24)20(18)21(28)27(19)14-11-15(30-4)13-16(12-14)31-5/h6-8,11-13H,9-10H2,1-5H3,(H,25,29). The van der Waals surface area contributed by atoms with E-state index in [2.05, 4.69) is 10.3 Å². The first-order valence-electron chi connectivity index (χ1n) is 10.0. The number of amides is 1. The average Bonchev–Trinajstić information content (AvgIpc) is 2.72. The van der Waals surface area contributed by atoms with E-state index in [4.69, 9.17) is 25.8 Å². The predicted molar refractivity (Wildman–Crippen MR) is 123 cm³/mol. The van der Waals surface area contributed by atoms with E-state index in [1.807, 2.05) is 0 Å². The quantitative estimate of drug-likeness (QED) is 0.596. The van der Waals surface area contributed by atoms with Crippen molar-refractivity contribution in [3.8, 4) is 17.2 Å². The number of alkyl carbamates (subject to hydrolysis) is 1. The van der Waals surface area contributed by atoms with Gasteiger partial charge in [0.2, 0.25) is 0 Å². The van der Waals surface area contributed by atoms with Crippen molar-refractivity contribution in [2.24, 2.45) is 0 Å². The number of hydrogen-bond acceptors (Lipinski definition) is 6. The number of halogens is 1. The minimum atomic E-state index is -0.610. The molecule has 1 aromatic heterocycles. The molecule has 0 saturated heterocycles. The van der Waals surface area contributed by atoms with Gasteiger partial charge >= 0.3 is 6.09 Å². The van der Waals surface area contributed by atoms with Crippen molar-refractivity contribution in [1.29, 1.82) is 0 Å². The molecule has 1 heterocycles. The van der Waals surface area contributed by atoms with E-state index in [1.165, 1.54) is 18.8 Å². The molecule has 0 aliphatic rings. The molecule has 0 fully saturated rings. The third-order valence-electron chi connectivity index (χ3n) is 4.53. The van der Waals surface area contributed by atoms with Crippen molar-refractivity contribution < 1.29 is 19.0 Å². The number of hydrogen-bond donors (Lipinski definition) is 1. The van der Waals surface area contributed by atoms with Crippen molar-refractivity contribution >= 4 is 28.6 Å². The molecule has 3 aromatic rings. The summed E-state index contributed by atoms with van der Waals surface area (Å²) >= 11 is 6.32. The Bertz CT molecular complexity index is 1180. The first kappa shape index (κ1) is 23.4. The number of rotatable bonds is 6. The summed E-state index contributed by atoms with van der Waals surface area (Å²) in [5.74, 6) is 1.47. The highest BCUT2D eigenvalue weighted by Crippen LogP contribution is 2.26. The zero-order chi connectivity index (χ0) is 23.5. The summed E-state index contributed by atoms with van der Waals surface area (Å²) in [4.78, 5) is 30.2. The van der Waals surface area contributed by atoms with Gasteiger partial charge in [0.15, 0.2) is 0 Å². The molecular formula is C23H26ClN3O5. The highest BCUT2D eigenvalue weighted by Gasteiger charge is 2.18. The molecule has 1 N–H and O–H groups in total. The minimum absolute atomic E-state index is 0.217. The summed E-state index contributed by atoms with van der Waals surface area (Å²) in [6.45, 7) is 5.58. The van der Waals surface area contributed by atoms with Gasteiger partial charge in [0.25, 0.3) is 5.56 Å². The van der Waals surface area contributed by atoms with E-state index in [1.54, 1.807) is 57.2 Å². The maximum atomic E-state index is 13.5. The SMILES string of the molecule is COc1cc(OC)cc(-n2c(CCNC(=O)OC(C)(C)C)nc3cccc(Cl)c3c2=O)c1. The molecule has 0 atom stereocenters. The number of carbonyl (C=O) groups excluding carboxylic acids is 1. The van der Waals surface area contributed by atoms with Gasteiger partial charge in [-0.05, 0) is 32.9 Å². The van der Waals surface area contributed by atoms with E-state index in [9.17, 15) is 9.59 Å². The van der Waals surface area contributed by atoms with Crippen molar-refractivity contribution in [2.75, 3.05) is 20.8 Å². The van der Waals surface area contributed by atoms with Crippen LogP contribution in [-0.4, -0.2) is 42.0 Å². The maximum Gasteiger partial charge on any atom is 0.407 e. The Balaban J connectivity index is 2.08. The van der Waals surface area contributed by atoms with Gasteiger partial charge in [-0.25, -0.2) is 9.78 Å². The summed E-state index contributed by atoms with van der Waals surface area (Å²) in [7, 11) is 3.06. The van der Waals surface area contributed by atoms with Crippen LogP contribution in [0.2, 0.25) is 5.02 Å². The lowest BCUT2D eigenvalue weighted by Crippen LogP contribution is -2.34. The molecule has 0 radical (unpaired) electrons. The smallest absolute Gasteiger partial charge is 0.407 e. The Hall–Kier alpha value is -3.26. The molecule has 0 aliphatic carbocycles.